The summed E-state index contributed by atoms with van der Waals surface area (Å²) >= 11 is 0. The number of carboxylic acid groups (broad SMARTS) is 1. The molecule has 0 unspecified atom stereocenters. The summed E-state index contributed by atoms with van der Waals surface area (Å²) in [6, 6.07) is 8.63. The third kappa shape index (κ3) is 3.96. The summed E-state index contributed by atoms with van der Waals surface area (Å²) in [5.74, 6) is -1.10. The van der Waals surface area contributed by atoms with Gasteiger partial charge >= 0.3 is 5.97 Å². The molecule has 28 heavy (non-hydrogen) atoms. The van der Waals surface area contributed by atoms with Crippen LogP contribution in [-0.2, 0) is 21.1 Å². The van der Waals surface area contributed by atoms with Crippen LogP contribution >= 0.6 is 0 Å². The number of aliphatic carboxylic acids is 1. The van der Waals surface area contributed by atoms with Crippen molar-refractivity contribution in [2.45, 2.75) is 25.2 Å². The van der Waals surface area contributed by atoms with Gasteiger partial charge in [-0.1, -0.05) is 19.1 Å². The van der Waals surface area contributed by atoms with Crippen molar-refractivity contribution in [3.63, 3.8) is 0 Å². The van der Waals surface area contributed by atoms with E-state index >= 15 is 0 Å². The Morgan fingerprint density at radius 1 is 1.21 bits per heavy atom. The summed E-state index contributed by atoms with van der Waals surface area (Å²) < 4.78 is 43.4. The van der Waals surface area contributed by atoms with Crippen molar-refractivity contribution < 1.29 is 27.4 Å². The normalized spacial score (nSPS) is 11.5. The number of rotatable bonds is 6. The van der Waals surface area contributed by atoms with E-state index in [1.165, 1.54) is 37.4 Å². The Bertz CT molecular complexity index is 1160. The smallest absolute Gasteiger partial charge is 0.307 e. The van der Waals surface area contributed by atoms with Crippen molar-refractivity contribution in [2.24, 2.45) is 0 Å². The maximum atomic E-state index is 13.8. The number of halogens is 1. The monoisotopic (exact) mass is 403 g/mol. The summed E-state index contributed by atoms with van der Waals surface area (Å²) in [5.41, 5.74) is 1.08. The molecule has 3 aromatic rings. The molecule has 3 rings (SSSR count). The van der Waals surface area contributed by atoms with Gasteiger partial charge in [-0.2, -0.15) is 0 Å². The number of aromatic nitrogens is 1. The second kappa shape index (κ2) is 7.55. The number of fused-ring (bicyclic) bond motifs is 1. The Kier molecular flexibility index (Phi) is 5.33. The van der Waals surface area contributed by atoms with Crippen molar-refractivity contribution >= 4 is 26.6 Å². The minimum Gasteiger partial charge on any atom is -0.481 e. The Hall–Kier alpha value is -3.00. The number of benzene rings is 2. The third-order valence-electron chi connectivity index (χ3n) is 4.41. The Labute approximate surface area is 161 Å². The van der Waals surface area contributed by atoms with E-state index < -0.39 is 21.6 Å². The standard InChI is InChI=1S/C20H18FNO5S/c1-3-28(25,26)16-6-7-18(22-11-16)27-20-12(2)14(9-19(23)24)8-13-4-5-15(21)10-17(13)20/h4-8,10-11H,3,9H2,1-2H3,(H,23,24). The molecule has 0 fully saturated rings. The second-order valence-electron chi connectivity index (χ2n) is 6.26. The second-order valence-corrected chi connectivity index (χ2v) is 8.54. The average molecular weight is 403 g/mol. The van der Waals surface area contributed by atoms with Gasteiger partial charge in [0.2, 0.25) is 5.88 Å². The van der Waals surface area contributed by atoms with Crippen LogP contribution in [0.4, 0.5) is 4.39 Å². The molecule has 0 aliphatic heterocycles. The van der Waals surface area contributed by atoms with E-state index in [1.54, 1.807) is 19.1 Å². The quantitative estimate of drug-likeness (QED) is 0.671. The van der Waals surface area contributed by atoms with Gasteiger partial charge in [0.05, 0.1) is 17.1 Å². The summed E-state index contributed by atoms with van der Waals surface area (Å²) in [6.07, 6.45) is 0.990. The van der Waals surface area contributed by atoms with Gasteiger partial charge in [-0.3, -0.25) is 4.79 Å². The molecule has 6 nitrogen and oxygen atoms in total. The van der Waals surface area contributed by atoms with Gasteiger partial charge in [-0.25, -0.2) is 17.8 Å². The van der Waals surface area contributed by atoms with Gasteiger partial charge in [0.1, 0.15) is 11.6 Å². The molecule has 1 N–H and O–H groups in total. The maximum absolute atomic E-state index is 13.8. The molecule has 0 spiro atoms. The minimum atomic E-state index is -3.39. The molecule has 0 aliphatic rings. The van der Waals surface area contributed by atoms with Crippen molar-refractivity contribution in [3.05, 3.63) is 59.5 Å². The highest BCUT2D eigenvalue weighted by Crippen LogP contribution is 2.36. The Morgan fingerprint density at radius 3 is 2.57 bits per heavy atom. The predicted molar refractivity (Wildman–Crippen MR) is 102 cm³/mol. The van der Waals surface area contributed by atoms with Gasteiger partial charge in [-0.15, -0.1) is 0 Å². The molecule has 0 aliphatic carbocycles. The van der Waals surface area contributed by atoms with E-state index in [-0.39, 0.29) is 28.7 Å². The van der Waals surface area contributed by atoms with Crippen LogP contribution in [0.1, 0.15) is 18.1 Å². The summed E-state index contributed by atoms with van der Waals surface area (Å²) in [5, 5.41) is 10.2. The van der Waals surface area contributed by atoms with Crippen LogP contribution in [0.3, 0.4) is 0 Å². The van der Waals surface area contributed by atoms with Crippen LogP contribution in [0, 0.1) is 12.7 Å². The van der Waals surface area contributed by atoms with Crippen molar-refractivity contribution in [1.82, 2.24) is 4.98 Å². The Morgan fingerprint density at radius 2 is 1.96 bits per heavy atom. The number of pyridine rings is 1. The molecular formula is C20H18FNO5S. The lowest BCUT2D eigenvalue weighted by Gasteiger charge is -2.15. The molecule has 8 heteroatoms. The van der Waals surface area contributed by atoms with E-state index in [0.717, 1.165) is 0 Å². The minimum absolute atomic E-state index is 0.0465. The first-order valence-electron chi connectivity index (χ1n) is 8.51. The Balaban J connectivity index is 2.09. The van der Waals surface area contributed by atoms with E-state index in [2.05, 4.69) is 4.98 Å². The summed E-state index contributed by atoms with van der Waals surface area (Å²) in [4.78, 5) is 15.3. The van der Waals surface area contributed by atoms with Crippen LogP contribution < -0.4 is 4.74 Å². The van der Waals surface area contributed by atoms with Gasteiger partial charge in [0.25, 0.3) is 0 Å². The highest BCUT2D eigenvalue weighted by atomic mass is 32.2. The summed E-state index contributed by atoms with van der Waals surface area (Å²) in [6.45, 7) is 3.23. The number of hydrogen-bond acceptors (Lipinski definition) is 5. The zero-order valence-corrected chi connectivity index (χ0v) is 16.1. The number of carbonyl (C=O) groups is 1. The molecule has 1 heterocycles. The zero-order chi connectivity index (χ0) is 20.5. The first-order chi connectivity index (χ1) is 13.2. The van der Waals surface area contributed by atoms with Crippen LogP contribution in [-0.4, -0.2) is 30.2 Å². The van der Waals surface area contributed by atoms with Crippen molar-refractivity contribution in [2.75, 3.05) is 5.75 Å². The lowest BCUT2D eigenvalue weighted by molar-refractivity contribution is -0.136. The number of sulfone groups is 1. The lowest BCUT2D eigenvalue weighted by Crippen LogP contribution is -2.05. The van der Waals surface area contributed by atoms with Gasteiger partial charge in [0.15, 0.2) is 9.84 Å². The third-order valence-corrected chi connectivity index (χ3v) is 6.13. The van der Waals surface area contributed by atoms with E-state index in [9.17, 15) is 17.6 Å². The van der Waals surface area contributed by atoms with Gasteiger partial charge in [0, 0.05) is 17.6 Å². The molecule has 0 atom stereocenters. The SMILES string of the molecule is CCS(=O)(=O)c1ccc(Oc2c(C)c(CC(=O)O)cc3ccc(F)cc23)nc1. The van der Waals surface area contributed by atoms with E-state index in [4.69, 9.17) is 9.84 Å². The zero-order valence-electron chi connectivity index (χ0n) is 15.3. The summed E-state index contributed by atoms with van der Waals surface area (Å²) in [7, 11) is -3.39. The van der Waals surface area contributed by atoms with E-state index in [1.807, 2.05) is 0 Å². The fourth-order valence-electron chi connectivity index (χ4n) is 2.86. The lowest BCUT2D eigenvalue weighted by atomic mass is 9.98. The first kappa shape index (κ1) is 19.8. The van der Waals surface area contributed by atoms with Crippen LogP contribution in [0.2, 0.25) is 0 Å². The van der Waals surface area contributed by atoms with Crippen LogP contribution in [0.25, 0.3) is 10.8 Å². The number of ether oxygens (including phenoxy) is 1. The van der Waals surface area contributed by atoms with Crippen LogP contribution in [0.15, 0.2) is 47.5 Å². The number of nitrogens with zero attached hydrogens (tertiary/aromatic N) is 1. The fourth-order valence-corrected chi connectivity index (χ4v) is 3.68. The highest BCUT2D eigenvalue weighted by molar-refractivity contribution is 7.91. The van der Waals surface area contributed by atoms with Crippen molar-refractivity contribution in [3.8, 4) is 11.6 Å². The van der Waals surface area contributed by atoms with Crippen molar-refractivity contribution in [1.29, 1.82) is 0 Å². The molecule has 146 valence electrons. The number of hydrogen-bond donors (Lipinski definition) is 1. The largest absolute Gasteiger partial charge is 0.481 e. The predicted octanol–water partition coefficient (Wildman–Crippen LogP) is 3.90. The molecule has 0 saturated heterocycles. The molecule has 0 radical (unpaired) electrons. The molecule has 0 bridgehead atoms. The van der Waals surface area contributed by atoms with E-state index in [0.29, 0.717) is 21.9 Å². The molecule has 0 saturated carbocycles. The highest BCUT2D eigenvalue weighted by Gasteiger charge is 2.17. The van der Waals surface area contributed by atoms with Gasteiger partial charge < -0.3 is 9.84 Å². The average Bonchev–Trinajstić information content (AvgIpc) is 2.65. The van der Waals surface area contributed by atoms with Crippen LogP contribution in [0.5, 0.6) is 11.6 Å². The number of carboxylic acids is 1. The molecular weight excluding hydrogens is 385 g/mol. The maximum Gasteiger partial charge on any atom is 0.307 e. The topological polar surface area (TPSA) is 93.6 Å². The first-order valence-corrected chi connectivity index (χ1v) is 10.2. The fraction of sp³-hybridized carbons (Fsp3) is 0.200. The molecule has 2 aromatic carbocycles. The molecule has 0 amide bonds. The molecule has 1 aromatic heterocycles. The van der Waals surface area contributed by atoms with Gasteiger partial charge in [-0.05, 0) is 41.6 Å².